The molecule has 0 saturated carbocycles. The highest BCUT2D eigenvalue weighted by Crippen LogP contribution is 2.33. The molecule has 184 valence electrons. The lowest BCUT2D eigenvalue weighted by molar-refractivity contribution is -0.384. The monoisotopic (exact) mass is 524 g/mol. The molecule has 0 atom stereocenters. The number of hydrogen-bond acceptors (Lipinski definition) is 6. The van der Waals surface area contributed by atoms with E-state index >= 15 is 0 Å². The minimum Gasteiger partial charge on any atom is -0.494 e. The van der Waals surface area contributed by atoms with E-state index in [1.165, 1.54) is 30.2 Å². The molecule has 1 aliphatic rings. The number of non-ortho nitro benzene ring substituents is 1. The summed E-state index contributed by atoms with van der Waals surface area (Å²) in [6.07, 6.45) is 1.50. The molecule has 1 fully saturated rings. The van der Waals surface area contributed by atoms with E-state index in [4.69, 9.17) is 28.6 Å². The van der Waals surface area contributed by atoms with Gasteiger partial charge in [-0.3, -0.25) is 29.9 Å². The van der Waals surface area contributed by atoms with Crippen molar-refractivity contribution in [3.8, 4) is 11.4 Å². The van der Waals surface area contributed by atoms with E-state index in [0.29, 0.717) is 39.0 Å². The number of ether oxygens (including phenoxy) is 1. The SMILES string of the molecule is COc1cc([N+](=O)[O-])ccc1-n1c(C)cc(/C=C2\C(=O)NC(=S)N(c3cccc(Cl)c3C)C2=O)c1C. The van der Waals surface area contributed by atoms with Gasteiger partial charge in [0.1, 0.15) is 11.3 Å². The molecule has 0 aliphatic carbocycles. The van der Waals surface area contributed by atoms with Crippen LogP contribution in [0.5, 0.6) is 5.75 Å². The molecule has 36 heavy (non-hydrogen) atoms. The van der Waals surface area contributed by atoms with Crippen LogP contribution in [-0.2, 0) is 9.59 Å². The fraction of sp³-hybridized carbons (Fsp3) is 0.160. The van der Waals surface area contributed by atoms with Crippen LogP contribution < -0.4 is 15.0 Å². The lowest BCUT2D eigenvalue weighted by Gasteiger charge is -2.30. The quantitative estimate of drug-likeness (QED) is 0.169. The molecule has 11 heteroatoms. The number of aromatic nitrogens is 1. The van der Waals surface area contributed by atoms with Crippen molar-refractivity contribution in [1.29, 1.82) is 0 Å². The van der Waals surface area contributed by atoms with Crippen LogP contribution in [0.2, 0.25) is 5.02 Å². The third-order valence-corrected chi connectivity index (χ3v) is 6.66. The highest BCUT2D eigenvalue weighted by molar-refractivity contribution is 7.80. The van der Waals surface area contributed by atoms with Crippen LogP contribution in [0.3, 0.4) is 0 Å². The van der Waals surface area contributed by atoms with E-state index < -0.39 is 16.7 Å². The van der Waals surface area contributed by atoms with Gasteiger partial charge in [-0.1, -0.05) is 17.7 Å². The maximum atomic E-state index is 13.5. The maximum Gasteiger partial charge on any atom is 0.273 e. The first-order chi connectivity index (χ1) is 17.0. The number of benzene rings is 2. The third kappa shape index (κ3) is 4.25. The summed E-state index contributed by atoms with van der Waals surface area (Å²) in [5.41, 5.74) is 3.59. The van der Waals surface area contributed by atoms with Gasteiger partial charge in [0.2, 0.25) is 0 Å². The van der Waals surface area contributed by atoms with Gasteiger partial charge in [0.25, 0.3) is 17.5 Å². The zero-order chi connectivity index (χ0) is 26.3. The Morgan fingerprint density at radius 3 is 2.50 bits per heavy atom. The van der Waals surface area contributed by atoms with Crippen molar-refractivity contribution >= 4 is 58.2 Å². The Bertz CT molecular complexity index is 1490. The number of nitrogens with one attached hydrogen (secondary N) is 1. The van der Waals surface area contributed by atoms with Gasteiger partial charge in [0, 0.05) is 22.5 Å². The van der Waals surface area contributed by atoms with E-state index in [-0.39, 0.29) is 16.4 Å². The Labute approximate surface area is 217 Å². The molecule has 9 nitrogen and oxygen atoms in total. The van der Waals surface area contributed by atoms with E-state index in [1.54, 1.807) is 31.2 Å². The van der Waals surface area contributed by atoms with E-state index in [0.717, 1.165) is 5.69 Å². The summed E-state index contributed by atoms with van der Waals surface area (Å²) >= 11 is 11.5. The van der Waals surface area contributed by atoms with Crippen LogP contribution in [0.4, 0.5) is 11.4 Å². The smallest absolute Gasteiger partial charge is 0.273 e. The van der Waals surface area contributed by atoms with Gasteiger partial charge in [-0.05, 0) is 74.5 Å². The summed E-state index contributed by atoms with van der Waals surface area (Å²) in [4.78, 5) is 38.2. The van der Waals surface area contributed by atoms with Crippen molar-refractivity contribution < 1.29 is 19.2 Å². The molecule has 1 saturated heterocycles. The van der Waals surface area contributed by atoms with Crippen molar-refractivity contribution in [2.75, 3.05) is 12.0 Å². The normalized spacial score (nSPS) is 14.9. The third-order valence-electron chi connectivity index (χ3n) is 5.97. The second kappa shape index (κ2) is 9.56. The fourth-order valence-corrected chi connectivity index (χ4v) is 4.58. The Balaban J connectivity index is 1.80. The first-order valence-corrected chi connectivity index (χ1v) is 11.5. The number of carbonyl (C=O) groups excluding carboxylic acids is 2. The first-order valence-electron chi connectivity index (χ1n) is 10.7. The molecule has 0 bridgehead atoms. The average Bonchev–Trinajstić information content (AvgIpc) is 3.11. The number of thiocarbonyl (C=S) groups is 1. The first kappa shape index (κ1) is 25.1. The Morgan fingerprint density at radius 1 is 1.11 bits per heavy atom. The largest absolute Gasteiger partial charge is 0.494 e. The zero-order valence-electron chi connectivity index (χ0n) is 19.8. The Kier molecular flexibility index (Phi) is 6.66. The van der Waals surface area contributed by atoms with E-state index in [2.05, 4.69) is 5.32 Å². The van der Waals surface area contributed by atoms with Gasteiger partial charge in [0.15, 0.2) is 5.11 Å². The molecule has 1 aliphatic heterocycles. The van der Waals surface area contributed by atoms with Crippen LogP contribution >= 0.6 is 23.8 Å². The molecular weight excluding hydrogens is 504 g/mol. The number of aryl methyl sites for hydroxylation is 1. The van der Waals surface area contributed by atoms with Crippen LogP contribution in [0.1, 0.15) is 22.5 Å². The lowest BCUT2D eigenvalue weighted by Crippen LogP contribution is -2.54. The number of anilines is 1. The van der Waals surface area contributed by atoms with Crippen molar-refractivity contribution in [1.82, 2.24) is 9.88 Å². The van der Waals surface area contributed by atoms with Crippen LogP contribution in [0.15, 0.2) is 48.0 Å². The highest BCUT2D eigenvalue weighted by atomic mass is 35.5. The molecule has 3 aromatic rings. The average molecular weight is 525 g/mol. The van der Waals surface area contributed by atoms with Gasteiger partial charge < -0.3 is 9.30 Å². The summed E-state index contributed by atoms with van der Waals surface area (Å²) in [6, 6.07) is 11.2. The van der Waals surface area contributed by atoms with Gasteiger partial charge in [-0.25, -0.2) is 0 Å². The summed E-state index contributed by atoms with van der Waals surface area (Å²) < 4.78 is 7.24. The molecule has 0 unspecified atom stereocenters. The molecular formula is C25H21ClN4O5S. The number of methoxy groups -OCH3 is 1. The number of halogens is 1. The number of rotatable bonds is 5. The van der Waals surface area contributed by atoms with Gasteiger partial charge in [-0.2, -0.15) is 0 Å². The number of nitro groups is 1. The summed E-state index contributed by atoms with van der Waals surface area (Å²) in [5, 5.41) is 14.2. The van der Waals surface area contributed by atoms with Crippen molar-refractivity contribution in [2.45, 2.75) is 20.8 Å². The molecule has 2 heterocycles. The predicted molar refractivity (Wildman–Crippen MR) is 141 cm³/mol. The van der Waals surface area contributed by atoms with E-state index in [9.17, 15) is 19.7 Å². The van der Waals surface area contributed by atoms with Crippen molar-refractivity contribution in [3.63, 3.8) is 0 Å². The number of hydrogen-bond donors (Lipinski definition) is 1. The molecule has 0 spiro atoms. The number of nitrogens with zero attached hydrogens (tertiary/aromatic N) is 3. The molecule has 2 aromatic carbocycles. The number of carbonyl (C=O) groups is 2. The van der Waals surface area contributed by atoms with E-state index in [1.807, 2.05) is 24.5 Å². The molecule has 2 amide bonds. The zero-order valence-corrected chi connectivity index (χ0v) is 21.4. The molecule has 4 rings (SSSR count). The second-order valence-corrected chi connectivity index (χ2v) is 8.91. The van der Waals surface area contributed by atoms with Crippen LogP contribution in [0, 0.1) is 30.9 Å². The molecule has 1 N–H and O–H groups in total. The van der Waals surface area contributed by atoms with Gasteiger partial charge in [0.05, 0.1) is 29.5 Å². The summed E-state index contributed by atoms with van der Waals surface area (Å²) in [7, 11) is 1.43. The van der Waals surface area contributed by atoms with Crippen molar-refractivity contribution in [3.05, 3.63) is 85.7 Å². The Hall–Kier alpha value is -4.02. The standard InChI is InChI=1S/C25H21ClN4O5S/c1-13-10-16(15(3)28(13)21-9-8-17(30(33)34)12-22(21)35-4)11-18-23(31)27-25(36)29(24(18)32)20-7-5-6-19(26)14(20)2/h5-12H,1-4H3,(H,27,31,36)/b18-11+. The minimum absolute atomic E-state index is 0.0337. The highest BCUT2D eigenvalue weighted by Gasteiger charge is 2.35. The summed E-state index contributed by atoms with van der Waals surface area (Å²) in [5.74, 6) is -0.880. The number of amides is 2. The lowest BCUT2D eigenvalue weighted by atomic mass is 10.1. The second-order valence-electron chi connectivity index (χ2n) is 8.12. The maximum absolute atomic E-state index is 13.5. The summed E-state index contributed by atoms with van der Waals surface area (Å²) in [6.45, 7) is 5.42. The predicted octanol–water partition coefficient (Wildman–Crippen LogP) is 4.80. The van der Waals surface area contributed by atoms with Crippen LogP contribution in [-0.4, -0.2) is 33.5 Å². The van der Waals surface area contributed by atoms with Crippen LogP contribution in [0.25, 0.3) is 11.8 Å². The molecule has 1 aromatic heterocycles. The molecule has 0 radical (unpaired) electrons. The van der Waals surface area contributed by atoms with Gasteiger partial charge in [-0.15, -0.1) is 0 Å². The Morgan fingerprint density at radius 2 is 1.83 bits per heavy atom. The number of nitro benzene ring substituents is 1. The topological polar surface area (TPSA) is 107 Å². The fourth-order valence-electron chi connectivity index (χ4n) is 4.14. The minimum atomic E-state index is -0.612. The van der Waals surface area contributed by atoms with Gasteiger partial charge >= 0.3 is 0 Å². The van der Waals surface area contributed by atoms with Crippen molar-refractivity contribution in [2.24, 2.45) is 0 Å².